The van der Waals surface area contributed by atoms with Gasteiger partial charge in [-0.1, -0.05) is 37.5 Å². The molecule has 1 aromatic heterocycles. The maximum Gasteiger partial charge on any atom is 0.0853 e. The predicted molar refractivity (Wildman–Crippen MR) is 118 cm³/mol. The first-order valence-electron chi connectivity index (χ1n) is 10.9. The second-order valence-electron chi connectivity index (χ2n) is 8.09. The summed E-state index contributed by atoms with van der Waals surface area (Å²) in [7, 11) is 0. The molecule has 1 unspecified atom stereocenters. The molecule has 4 rings (SSSR count). The standard InChI is InChI=1S/C24H32N4/c1-25-21-13-5-6-14-22(21)26-17-18-28(20-11-3-2-4-12-20)23-15-7-9-19-10-8-16-27-24(19)23/h5-6,8,10,13-14,16,20,23,26H,1-4,7,9,11-12,15,17-18H2. The van der Waals surface area contributed by atoms with E-state index < -0.39 is 0 Å². The Kier molecular flexibility index (Phi) is 6.38. The van der Waals surface area contributed by atoms with Crippen molar-refractivity contribution >= 4 is 18.1 Å². The summed E-state index contributed by atoms with van der Waals surface area (Å²) in [5.41, 5.74) is 4.78. The van der Waals surface area contributed by atoms with E-state index in [1.54, 1.807) is 0 Å². The number of nitrogens with one attached hydrogen (secondary N) is 1. The summed E-state index contributed by atoms with van der Waals surface area (Å²) in [6, 6.07) is 13.7. The smallest absolute Gasteiger partial charge is 0.0853 e. The summed E-state index contributed by atoms with van der Waals surface area (Å²) in [5, 5.41) is 3.60. The van der Waals surface area contributed by atoms with Crippen LogP contribution in [0.5, 0.6) is 0 Å². The molecule has 1 atom stereocenters. The lowest BCUT2D eigenvalue weighted by Gasteiger charge is -2.42. The van der Waals surface area contributed by atoms with E-state index in [9.17, 15) is 0 Å². The molecule has 0 spiro atoms. The van der Waals surface area contributed by atoms with Crippen molar-refractivity contribution in [2.75, 3.05) is 18.4 Å². The molecule has 0 bridgehead atoms. The molecule has 0 aliphatic heterocycles. The summed E-state index contributed by atoms with van der Waals surface area (Å²) in [5.74, 6) is 0. The van der Waals surface area contributed by atoms with E-state index >= 15 is 0 Å². The molecule has 1 fully saturated rings. The lowest BCUT2D eigenvalue weighted by Crippen LogP contribution is -2.43. The highest BCUT2D eigenvalue weighted by Gasteiger charge is 2.32. The largest absolute Gasteiger partial charge is 0.382 e. The average molecular weight is 377 g/mol. The Bertz CT molecular complexity index is 782. The molecule has 2 aliphatic carbocycles. The molecule has 4 heteroatoms. The van der Waals surface area contributed by atoms with E-state index in [1.165, 1.54) is 62.6 Å². The fourth-order valence-electron chi connectivity index (χ4n) is 4.99. The van der Waals surface area contributed by atoms with Crippen molar-refractivity contribution in [3.8, 4) is 0 Å². The predicted octanol–water partition coefficient (Wildman–Crippen LogP) is 5.54. The summed E-state index contributed by atoms with van der Waals surface area (Å²) in [4.78, 5) is 11.7. The Balaban J connectivity index is 1.51. The van der Waals surface area contributed by atoms with Crippen LogP contribution < -0.4 is 5.32 Å². The van der Waals surface area contributed by atoms with Crippen LogP contribution in [0.4, 0.5) is 11.4 Å². The molecule has 1 saturated carbocycles. The Morgan fingerprint density at radius 1 is 1.04 bits per heavy atom. The highest BCUT2D eigenvalue weighted by Crippen LogP contribution is 2.37. The van der Waals surface area contributed by atoms with Gasteiger partial charge in [0.15, 0.2) is 0 Å². The Labute approximate surface area is 169 Å². The SMILES string of the molecule is C=Nc1ccccc1NCCN(C1CCCCC1)C1CCCc2cccnc21. The summed E-state index contributed by atoms with van der Waals surface area (Å²) in [6.07, 6.45) is 12.4. The molecule has 1 heterocycles. The second kappa shape index (κ2) is 9.33. The van der Waals surface area contributed by atoms with E-state index in [4.69, 9.17) is 4.98 Å². The van der Waals surface area contributed by atoms with Crippen LogP contribution in [0.1, 0.15) is 62.2 Å². The molecule has 148 valence electrons. The normalized spacial score (nSPS) is 20.0. The second-order valence-corrected chi connectivity index (χ2v) is 8.09. The van der Waals surface area contributed by atoms with E-state index in [2.05, 4.69) is 46.2 Å². The van der Waals surface area contributed by atoms with E-state index in [0.717, 1.165) is 24.5 Å². The number of aliphatic imine (C=N–C) groups is 1. The lowest BCUT2D eigenvalue weighted by atomic mass is 9.87. The number of hydrogen-bond acceptors (Lipinski definition) is 4. The number of hydrogen-bond donors (Lipinski definition) is 1. The minimum atomic E-state index is 0.461. The zero-order chi connectivity index (χ0) is 19.2. The quantitative estimate of drug-likeness (QED) is 0.645. The first kappa shape index (κ1) is 19.1. The van der Waals surface area contributed by atoms with Gasteiger partial charge in [0.05, 0.1) is 23.1 Å². The Morgan fingerprint density at radius 3 is 2.75 bits per heavy atom. The van der Waals surface area contributed by atoms with Crippen molar-refractivity contribution in [2.24, 2.45) is 4.99 Å². The van der Waals surface area contributed by atoms with Crippen molar-refractivity contribution < 1.29 is 0 Å². The van der Waals surface area contributed by atoms with Crippen LogP contribution in [0.25, 0.3) is 0 Å². The van der Waals surface area contributed by atoms with Crippen molar-refractivity contribution in [2.45, 2.75) is 63.5 Å². The monoisotopic (exact) mass is 376 g/mol. The first-order valence-corrected chi connectivity index (χ1v) is 10.9. The third-order valence-electron chi connectivity index (χ3n) is 6.37. The number of nitrogens with zero attached hydrogens (tertiary/aromatic N) is 3. The summed E-state index contributed by atoms with van der Waals surface area (Å²) >= 11 is 0. The molecule has 0 radical (unpaired) electrons. The van der Waals surface area contributed by atoms with Gasteiger partial charge in [-0.2, -0.15) is 0 Å². The summed E-state index contributed by atoms with van der Waals surface area (Å²) in [6.45, 7) is 5.65. The van der Waals surface area contributed by atoms with E-state index in [-0.39, 0.29) is 0 Å². The molecule has 28 heavy (non-hydrogen) atoms. The van der Waals surface area contributed by atoms with Crippen LogP contribution in [0.15, 0.2) is 47.6 Å². The van der Waals surface area contributed by atoms with Crippen molar-refractivity contribution in [3.63, 3.8) is 0 Å². The average Bonchev–Trinajstić information content (AvgIpc) is 2.77. The van der Waals surface area contributed by atoms with Crippen molar-refractivity contribution in [1.29, 1.82) is 0 Å². The molecule has 4 nitrogen and oxygen atoms in total. The molecule has 1 aromatic carbocycles. The van der Waals surface area contributed by atoms with Gasteiger partial charge >= 0.3 is 0 Å². The molecule has 2 aliphatic rings. The fourth-order valence-corrected chi connectivity index (χ4v) is 4.99. The van der Waals surface area contributed by atoms with Gasteiger partial charge < -0.3 is 5.32 Å². The van der Waals surface area contributed by atoms with Crippen LogP contribution in [-0.4, -0.2) is 35.7 Å². The highest BCUT2D eigenvalue weighted by molar-refractivity contribution is 5.67. The number of pyridine rings is 1. The van der Waals surface area contributed by atoms with Crippen LogP contribution in [0, 0.1) is 0 Å². The van der Waals surface area contributed by atoms with Gasteiger partial charge in [0.25, 0.3) is 0 Å². The van der Waals surface area contributed by atoms with Gasteiger partial charge in [-0.25, -0.2) is 0 Å². The zero-order valence-corrected chi connectivity index (χ0v) is 16.8. The molecule has 0 saturated heterocycles. The van der Waals surface area contributed by atoms with Gasteiger partial charge in [0.1, 0.15) is 0 Å². The number of para-hydroxylation sites is 2. The highest BCUT2D eigenvalue weighted by atomic mass is 15.2. The maximum atomic E-state index is 4.82. The molecule has 1 N–H and O–H groups in total. The number of aryl methyl sites for hydroxylation is 1. The van der Waals surface area contributed by atoms with Gasteiger partial charge in [0.2, 0.25) is 0 Å². The molecular formula is C24H32N4. The Hall–Kier alpha value is -2.20. The minimum absolute atomic E-state index is 0.461. The Morgan fingerprint density at radius 2 is 1.89 bits per heavy atom. The number of rotatable bonds is 7. The van der Waals surface area contributed by atoms with Crippen LogP contribution in [-0.2, 0) is 6.42 Å². The summed E-state index contributed by atoms with van der Waals surface area (Å²) < 4.78 is 0. The van der Waals surface area contributed by atoms with E-state index in [0.29, 0.717) is 12.1 Å². The third-order valence-corrected chi connectivity index (χ3v) is 6.37. The third kappa shape index (κ3) is 4.27. The molecular weight excluding hydrogens is 344 g/mol. The number of anilines is 1. The van der Waals surface area contributed by atoms with Crippen molar-refractivity contribution in [1.82, 2.24) is 9.88 Å². The van der Waals surface area contributed by atoms with Crippen LogP contribution >= 0.6 is 0 Å². The van der Waals surface area contributed by atoms with Gasteiger partial charge in [-0.15, -0.1) is 0 Å². The van der Waals surface area contributed by atoms with Crippen molar-refractivity contribution in [3.05, 3.63) is 53.9 Å². The zero-order valence-electron chi connectivity index (χ0n) is 16.8. The number of benzene rings is 1. The molecule has 2 aromatic rings. The minimum Gasteiger partial charge on any atom is -0.382 e. The number of aromatic nitrogens is 1. The van der Waals surface area contributed by atoms with Gasteiger partial charge in [0, 0.05) is 25.3 Å². The maximum absolute atomic E-state index is 4.82. The van der Waals surface area contributed by atoms with Gasteiger partial charge in [-0.05, 0) is 62.6 Å². The van der Waals surface area contributed by atoms with Crippen LogP contribution in [0.3, 0.4) is 0 Å². The lowest BCUT2D eigenvalue weighted by molar-refractivity contribution is 0.0949. The van der Waals surface area contributed by atoms with Crippen LogP contribution in [0.2, 0.25) is 0 Å². The topological polar surface area (TPSA) is 40.5 Å². The van der Waals surface area contributed by atoms with Gasteiger partial charge in [-0.3, -0.25) is 14.9 Å². The first-order chi connectivity index (χ1) is 13.9. The van der Waals surface area contributed by atoms with E-state index in [1.807, 2.05) is 18.3 Å². The fraction of sp³-hybridized carbons (Fsp3) is 0.500. The molecule has 0 amide bonds. The number of fused-ring (bicyclic) bond motifs is 1.